The number of esters is 1. The first kappa shape index (κ1) is 31.4. The monoisotopic (exact) mass is 549 g/mol. The predicted octanol–water partition coefficient (Wildman–Crippen LogP) is 9.50. The highest BCUT2D eigenvalue weighted by molar-refractivity contribution is 7.09. The molecule has 3 rings (SSSR count). The number of carbonyl (C=O) groups is 1. The Bertz CT molecular complexity index is 994. The van der Waals surface area contributed by atoms with E-state index in [1.54, 1.807) is 0 Å². The molecule has 0 radical (unpaired) electrons. The number of unbranched alkanes of at least 4 members (excludes halogenated alkanes) is 7. The van der Waals surface area contributed by atoms with Crippen LogP contribution in [0, 0.1) is 0 Å². The molecule has 3 nitrogen and oxygen atoms in total. The first-order valence-corrected chi connectivity index (χ1v) is 16.5. The van der Waals surface area contributed by atoms with Gasteiger partial charge in [-0.25, -0.2) is 0 Å². The maximum atomic E-state index is 12.6. The molecule has 39 heavy (non-hydrogen) atoms. The second-order valence-corrected chi connectivity index (χ2v) is 12.0. The van der Waals surface area contributed by atoms with E-state index in [-0.39, 0.29) is 5.97 Å². The third-order valence-corrected chi connectivity index (χ3v) is 8.69. The molecule has 1 atom stereocenters. The summed E-state index contributed by atoms with van der Waals surface area (Å²) in [5, 5.41) is 2.17. The Labute approximate surface area is 242 Å². The van der Waals surface area contributed by atoms with Gasteiger partial charge in [-0.2, -0.15) is 0 Å². The van der Waals surface area contributed by atoms with Crippen LogP contribution in [-0.2, 0) is 24.1 Å². The van der Waals surface area contributed by atoms with Crippen LogP contribution in [0.1, 0.15) is 107 Å². The molecule has 1 aliphatic rings. The molecule has 1 unspecified atom stereocenters. The maximum absolute atomic E-state index is 12.6. The number of carbonyl (C=O) groups excluding carboxylic acids is 1. The summed E-state index contributed by atoms with van der Waals surface area (Å²) in [6.07, 6.45) is 25.4. The van der Waals surface area contributed by atoms with Crippen LogP contribution in [0.3, 0.4) is 0 Å². The van der Waals surface area contributed by atoms with Crippen molar-refractivity contribution in [3.63, 3.8) is 0 Å². The molecule has 1 heterocycles. The lowest BCUT2D eigenvalue weighted by atomic mass is 9.86. The number of rotatable bonds is 19. The van der Waals surface area contributed by atoms with Crippen LogP contribution in [0.2, 0.25) is 0 Å². The first-order chi connectivity index (χ1) is 19.2. The van der Waals surface area contributed by atoms with E-state index in [0.29, 0.717) is 12.5 Å². The van der Waals surface area contributed by atoms with Crippen molar-refractivity contribution in [3.8, 4) is 5.75 Å². The van der Waals surface area contributed by atoms with Gasteiger partial charge < -0.3 is 4.74 Å². The van der Waals surface area contributed by atoms with Gasteiger partial charge in [0.25, 0.3) is 0 Å². The molecule has 2 aromatic rings. The maximum Gasteiger partial charge on any atom is 0.311 e. The molecule has 1 aromatic heterocycles. The third-order valence-electron chi connectivity index (χ3n) is 7.75. The SMILES string of the molecule is CCCC/C=C/C=C/CCCCCCCC(=O)Oc1cccc2c1CCC(N(CCC)CCc1cccs1)C2. The Morgan fingerprint density at radius 3 is 2.51 bits per heavy atom. The van der Waals surface area contributed by atoms with Crippen LogP contribution in [0.5, 0.6) is 5.75 Å². The van der Waals surface area contributed by atoms with Gasteiger partial charge in [-0.05, 0) is 93.0 Å². The van der Waals surface area contributed by atoms with E-state index in [1.165, 1.54) is 60.9 Å². The van der Waals surface area contributed by atoms with Gasteiger partial charge in [-0.1, -0.05) is 88.5 Å². The van der Waals surface area contributed by atoms with Gasteiger partial charge in [0, 0.05) is 23.9 Å². The highest BCUT2D eigenvalue weighted by Crippen LogP contribution is 2.32. The minimum absolute atomic E-state index is 0.0770. The van der Waals surface area contributed by atoms with Crippen LogP contribution >= 0.6 is 11.3 Å². The van der Waals surface area contributed by atoms with Crippen molar-refractivity contribution in [1.29, 1.82) is 0 Å². The Kier molecular flexibility index (Phi) is 15.3. The van der Waals surface area contributed by atoms with Crippen LogP contribution in [0.15, 0.2) is 60.0 Å². The van der Waals surface area contributed by atoms with Gasteiger partial charge in [-0.3, -0.25) is 9.69 Å². The van der Waals surface area contributed by atoms with Crippen molar-refractivity contribution >= 4 is 17.3 Å². The van der Waals surface area contributed by atoms with Gasteiger partial charge in [-0.15, -0.1) is 11.3 Å². The lowest BCUT2D eigenvalue weighted by molar-refractivity contribution is -0.134. The summed E-state index contributed by atoms with van der Waals surface area (Å²) in [6.45, 7) is 6.77. The molecule has 0 spiro atoms. The zero-order valence-corrected chi connectivity index (χ0v) is 25.4. The van der Waals surface area contributed by atoms with E-state index in [2.05, 4.69) is 72.7 Å². The summed E-state index contributed by atoms with van der Waals surface area (Å²) in [7, 11) is 0. The largest absolute Gasteiger partial charge is 0.426 e. The summed E-state index contributed by atoms with van der Waals surface area (Å²) in [5.74, 6) is 0.721. The van der Waals surface area contributed by atoms with Gasteiger partial charge in [0.2, 0.25) is 0 Å². The average molecular weight is 550 g/mol. The molecule has 0 bridgehead atoms. The summed E-state index contributed by atoms with van der Waals surface area (Å²) in [6, 6.07) is 11.3. The smallest absolute Gasteiger partial charge is 0.311 e. The highest BCUT2D eigenvalue weighted by Gasteiger charge is 2.26. The highest BCUT2D eigenvalue weighted by atomic mass is 32.1. The summed E-state index contributed by atoms with van der Waals surface area (Å²) in [5.41, 5.74) is 2.62. The lowest BCUT2D eigenvalue weighted by Crippen LogP contribution is -2.41. The number of ether oxygens (including phenoxy) is 1. The molecule has 0 saturated heterocycles. The summed E-state index contributed by atoms with van der Waals surface area (Å²) in [4.78, 5) is 16.8. The van der Waals surface area contributed by atoms with Crippen molar-refractivity contribution in [2.75, 3.05) is 13.1 Å². The normalized spacial score (nSPS) is 15.4. The molecule has 1 aliphatic carbocycles. The molecule has 0 amide bonds. The standard InChI is InChI=1S/C35H51NO2S/c1-3-5-6-7-8-9-10-11-12-13-14-15-16-22-35(37)38-34-21-17-19-30-29-31(23-24-33(30)34)36(26-4-2)27-25-32-20-18-28-39-32/h7-10,17-21,28,31H,3-6,11-16,22-27,29H2,1-2H3/b8-7+,10-9+. The molecule has 0 fully saturated rings. The number of allylic oxidation sites excluding steroid dienone is 4. The first-order valence-electron chi connectivity index (χ1n) is 15.6. The Morgan fingerprint density at radius 2 is 1.74 bits per heavy atom. The van der Waals surface area contributed by atoms with Gasteiger partial charge in [0.1, 0.15) is 5.75 Å². The van der Waals surface area contributed by atoms with Crippen LogP contribution in [0.4, 0.5) is 0 Å². The van der Waals surface area contributed by atoms with E-state index >= 15 is 0 Å². The van der Waals surface area contributed by atoms with Crippen molar-refractivity contribution < 1.29 is 9.53 Å². The quantitative estimate of drug-likeness (QED) is 0.0756. The second-order valence-electron chi connectivity index (χ2n) is 10.9. The van der Waals surface area contributed by atoms with Crippen LogP contribution in [-0.4, -0.2) is 30.0 Å². The van der Waals surface area contributed by atoms with Gasteiger partial charge in [0.05, 0.1) is 0 Å². The number of hydrogen-bond acceptors (Lipinski definition) is 4. The fourth-order valence-electron chi connectivity index (χ4n) is 5.54. The number of fused-ring (bicyclic) bond motifs is 1. The molecule has 1 aromatic carbocycles. The molecule has 0 N–H and O–H groups in total. The topological polar surface area (TPSA) is 29.5 Å². The van der Waals surface area contributed by atoms with E-state index in [1.807, 2.05) is 17.4 Å². The Balaban J connectivity index is 1.35. The molecular formula is C35H51NO2S. The molecular weight excluding hydrogens is 498 g/mol. The van der Waals surface area contributed by atoms with Crippen molar-refractivity contribution in [2.45, 2.75) is 116 Å². The van der Waals surface area contributed by atoms with Crippen molar-refractivity contribution in [3.05, 3.63) is 76.0 Å². The summed E-state index contributed by atoms with van der Waals surface area (Å²) < 4.78 is 5.89. The van der Waals surface area contributed by atoms with E-state index in [9.17, 15) is 4.79 Å². The van der Waals surface area contributed by atoms with Crippen molar-refractivity contribution in [2.24, 2.45) is 0 Å². The van der Waals surface area contributed by atoms with Crippen molar-refractivity contribution in [1.82, 2.24) is 4.90 Å². The zero-order chi connectivity index (χ0) is 27.5. The Hall–Kier alpha value is -2.17. The molecule has 0 saturated carbocycles. The third kappa shape index (κ3) is 11.8. The number of thiophene rings is 1. The molecule has 214 valence electrons. The second kappa shape index (κ2) is 19.0. The van der Waals surface area contributed by atoms with Gasteiger partial charge in [0.15, 0.2) is 0 Å². The number of nitrogens with zero attached hydrogens (tertiary/aromatic N) is 1. The number of hydrogen-bond donors (Lipinski definition) is 0. The van der Waals surface area contributed by atoms with E-state index in [0.717, 1.165) is 63.8 Å². The van der Waals surface area contributed by atoms with E-state index < -0.39 is 0 Å². The Morgan fingerprint density at radius 1 is 0.949 bits per heavy atom. The lowest BCUT2D eigenvalue weighted by Gasteiger charge is -2.35. The molecule has 4 heteroatoms. The fourth-order valence-corrected chi connectivity index (χ4v) is 6.24. The van der Waals surface area contributed by atoms with Gasteiger partial charge >= 0.3 is 5.97 Å². The number of benzene rings is 1. The minimum Gasteiger partial charge on any atom is -0.426 e. The summed E-state index contributed by atoms with van der Waals surface area (Å²) >= 11 is 1.86. The van der Waals surface area contributed by atoms with Crippen LogP contribution in [0.25, 0.3) is 0 Å². The average Bonchev–Trinajstić information content (AvgIpc) is 3.47. The minimum atomic E-state index is -0.0770. The van der Waals surface area contributed by atoms with Crippen LogP contribution < -0.4 is 4.74 Å². The predicted molar refractivity (Wildman–Crippen MR) is 168 cm³/mol. The van der Waals surface area contributed by atoms with E-state index in [4.69, 9.17) is 4.74 Å². The fraction of sp³-hybridized carbons (Fsp3) is 0.571. The molecule has 0 aliphatic heterocycles. The zero-order valence-electron chi connectivity index (χ0n) is 24.5.